The van der Waals surface area contributed by atoms with Crippen molar-refractivity contribution in [1.29, 1.82) is 0 Å². The SMILES string of the molecule is COCCNC(=O)C(CCSCCC(=O)NC(CCSCCC(=O)NC1CCSC1=O)C(=O)NCc1ccco1)NC(=O)CCSCCC(NC(=O)CCCC(=O)O)C(=O)NCc1ccc(F)cc1. The fourth-order valence-electron chi connectivity index (χ4n) is 6.33. The van der Waals surface area contributed by atoms with Crippen molar-refractivity contribution in [3.05, 3.63) is 59.8 Å². The van der Waals surface area contributed by atoms with Crippen molar-refractivity contribution in [2.75, 3.05) is 60.5 Å². The number of aliphatic carboxylic acids is 1. The molecule has 1 saturated heterocycles. The first-order valence-corrected chi connectivity index (χ1v) is 27.1. The normalized spacial score (nSPS) is 14.5. The Morgan fingerprint density at radius 3 is 1.72 bits per heavy atom. The number of thioether (sulfide) groups is 4. The summed E-state index contributed by atoms with van der Waals surface area (Å²) >= 11 is 5.45. The lowest BCUT2D eigenvalue weighted by Gasteiger charge is -2.19. The maximum atomic E-state index is 13.3. The van der Waals surface area contributed by atoms with Gasteiger partial charge in [-0.25, -0.2) is 4.39 Å². The van der Waals surface area contributed by atoms with E-state index in [1.165, 1.54) is 84.7 Å². The van der Waals surface area contributed by atoms with E-state index in [1.807, 2.05) is 0 Å². The van der Waals surface area contributed by atoms with Gasteiger partial charge < -0.3 is 51.5 Å². The van der Waals surface area contributed by atoms with Gasteiger partial charge in [-0.3, -0.25) is 43.2 Å². The highest BCUT2D eigenvalue weighted by atomic mass is 32.2. The number of furan rings is 1. The van der Waals surface area contributed by atoms with Crippen LogP contribution in [-0.2, 0) is 61.0 Å². The summed E-state index contributed by atoms with van der Waals surface area (Å²) < 4.78 is 23.7. The maximum Gasteiger partial charge on any atom is 0.303 e. The van der Waals surface area contributed by atoms with Gasteiger partial charge in [0.1, 0.15) is 29.7 Å². The predicted octanol–water partition coefficient (Wildman–Crippen LogP) is 2.51. The Kier molecular flexibility index (Phi) is 29.3. The van der Waals surface area contributed by atoms with Crippen LogP contribution in [0.15, 0.2) is 47.1 Å². The smallest absolute Gasteiger partial charge is 0.303 e. The Balaban J connectivity index is 1.44. The van der Waals surface area contributed by atoms with E-state index < -0.39 is 53.7 Å². The molecule has 2 aromatic rings. The number of carboxylic acid groups (broad SMARTS) is 1. The molecule has 0 spiro atoms. The molecule has 8 N–H and O–H groups in total. The average Bonchev–Trinajstić information content (AvgIpc) is 4.00. The molecule has 1 fully saturated rings. The molecule has 0 bridgehead atoms. The van der Waals surface area contributed by atoms with E-state index in [1.54, 1.807) is 12.1 Å². The van der Waals surface area contributed by atoms with Crippen LogP contribution in [0.5, 0.6) is 0 Å². The van der Waals surface area contributed by atoms with E-state index in [9.17, 15) is 47.5 Å². The molecule has 7 amide bonds. The van der Waals surface area contributed by atoms with Gasteiger partial charge in [0.25, 0.3) is 0 Å². The van der Waals surface area contributed by atoms with E-state index in [2.05, 4.69) is 37.2 Å². The molecule has 24 heteroatoms. The lowest BCUT2D eigenvalue weighted by atomic mass is 10.1. The highest BCUT2D eigenvalue weighted by Gasteiger charge is 2.27. The number of carbonyl (C=O) groups excluding carboxylic acids is 8. The Labute approximate surface area is 418 Å². The molecule has 2 heterocycles. The summed E-state index contributed by atoms with van der Waals surface area (Å²) in [6.45, 7) is 0.726. The highest BCUT2D eigenvalue weighted by molar-refractivity contribution is 8.14. The molecule has 4 atom stereocenters. The van der Waals surface area contributed by atoms with Crippen molar-refractivity contribution < 1.29 is 61.8 Å². The average molecular weight is 1040 g/mol. The van der Waals surface area contributed by atoms with Crippen LogP contribution < -0.4 is 37.2 Å². The number of benzene rings is 1. The highest BCUT2D eigenvalue weighted by Crippen LogP contribution is 2.20. The van der Waals surface area contributed by atoms with Crippen molar-refractivity contribution in [1.82, 2.24) is 37.2 Å². The van der Waals surface area contributed by atoms with Gasteiger partial charge in [0, 0.05) is 75.3 Å². The number of halogens is 1. The molecule has 4 unspecified atom stereocenters. The second-order valence-corrected chi connectivity index (χ2v) is 20.3. The van der Waals surface area contributed by atoms with Crippen LogP contribution in [-0.4, -0.2) is 142 Å². The summed E-state index contributed by atoms with van der Waals surface area (Å²) in [5, 5.41) is 28.2. The Morgan fingerprint density at radius 1 is 0.710 bits per heavy atom. The van der Waals surface area contributed by atoms with Crippen LogP contribution in [0.2, 0.25) is 0 Å². The molecule has 0 aliphatic carbocycles. The summed E-state index contributed by atoms with van der Waals surface area (Å²) in [5.41, 5.74) is 0.650. The Bertz CT molecular complexity index is 1950. The standard InChI is InChI=1S/C45H64FN7O12S4/c1-64-20-18-47-42(60)33(51-38(55)15-24-67-22-12-34(50-37(54)5-2-6-41(58)59)43(61)48-28-30-7-9-31(46)10-8-30)11-21-66-25-16-39(56)52-35(44(62)49-29-32-4-3-19-65-32)13-23-68-26-17-40(57)53-36-14-27-69-45(36)63/h3-4,7-10,19,33-36H,2,5-6,11-18,20-29H2,1H3,(H,47,60)(H,48,61)(H,49,62)(H,50,54)(H,51,55)(H,52,56)(H,53,57)(H,58,59). The van der Waals surface area contributed by atoms with Gasteiger partial charge in [-0.15, -0.1) is 0 Å². The minimum Gasteiger partial charge on any atom is -0.481 e. The molecular weight excluding hydrogens is 978 g/mol. The van der Waals surface area contributed by atoms with Crippen molar-refractivity contribution >= 4 is 99.5 Å². The lowest BCUT2D eigenvalue weighted by Crippen LogP contribution is -2.48. The molecule has 0 saturated carbocycles. The second-order valence-electron chi connectivity index (χ2n) is 15.6. The van der Waals surface area contributed by atoms with E-state index in [0.29, 0.717) is 64.4 Å². The quantitative estimate of drug-likeness (QED) is 0.0456. The summed E-state index contributed by atoms with van der Waals surface area (Å²) in [7, 11) is 1.50. The first-order chi connectivity index (χ1) is 33.2. The van der Waals surface area contributed by atoms with Crippen molar-refractivity contribution in [3.63, 3.8) is 0 Å². The lowest BCUT2D eigenvalue weighted by molar-refractivity contribution is -0.137. The minimum atomic E-state index is -1.04. The van der Waals surface area contributed by atoms with Crippen molar-refractivity contribution in [2.45, 2.75) is 101 Å². The molecule has 69 heavy (non-hydrogen) atoms. The molecule has 1 aromatic carbocycles. The number of rotatable bonds is 36. The van der Waals surface area contributed by atoms with Crippen LogP contribution >= 0.6 is 47.0 Å². The Morgan fingerprint density at radius 2 is 1.23 bits per heavy atom. The molecule has 1 aliphatic rings. The number of nitrogens with one attached hydrogen (secondary N) is 7. The summed E-state index contributed by atoms with van der Waals surface area (Å²) in [6.07, 6.45) is 3.05. The number of amides is 7. The topological polar surface area (TPSA) is 280 Å². The fourth-order valence-corrected chi connectivity index (χ4v) is 10.1. The van der Waals surface area contributed by atoms with Gasteiger partial charge in [-0.1, -0.05) is 23.9 Å². The van der Waals surface area contributed by atoms with Gasteiger partial charge in [-0.2, -0.15) is 35.3 Å². The third-order valence-electron chi connectivity index (χ3n) is 10.1. The fraction of sp³-hybridized carbons (Fsp3) is 0.578. The zero-order valence-corrected chi connectivity index (χ0v) is 41.9. The first kappa shape index (κ1) is 58.5. The van der Waals surface area contributed by atoms with Crippen LogP contribution in [0.3, 0.4) is 0 Å². The molecule has 19 nitrogen and oxygen atoms in total. The molecule has 0 radical (unpaired) electrons. The van der Waals surface area contributed by atoms with Gasteiger partial charge in [0.15, 0.2) is 0 Å². The predicted molar refractivity (Wildman–Crippen MR) is 265 cm³/mol. The summed E-state index contributed by atoms with van der Waals surface area (Å²) in [4.78, 5) is 113. The number of ether oxygens (including phenoxy) is 1. The number of carboxylic acids is 1. The third kappa shape index (κ3) is 26.1. The third-order valence-corrected chi connectivity index (χ3v) is 14.2. The van der Waals surface area contributed by atoms with E-state index in [-0.39, 0.29) is 106 Å². The van der Waals surface area contributed by atoms with Crippen molar-refractivity contribution in [2.24, 2.45) is 0 Å². The first-order valence-electron chi connectivity index (χ1n) is 22.6. The van der Waals surface area contributed by atoms with Crippen LogP contribution in [0.4, 0.5) is 4.39 Å². The molecule has 3 rings (SSSR count). The van der Waals surface area contributed by atoms with E-state index >= 15 is 0 Å². The zero-order valence-electron chi connectivity index (χ0n) is 38.6. The minimum absolute atomic E-state index is 0.0291. The maximum absolute atomic E-state index is 13.3. The number of carbonyl (C=O) groups is 9. The van der Waals surface area contributed by atoms with E-state index in [4.69, 9.17) is 14.3 Å². The molecule has 1 aromatic heterocycles. The van der Waals surface area contributed by atoms with Gasteiger partial charge in [0.05, 0.1) is 25.5 Å². The van der Waals surface area contributed by atoms with Gasteiger partial charge in [-0.05, 0) is 79.2 Å². The zero-order chi connectivity index (χ0) is 50.2. The number of hydrogen-bond acceptors (Lipinski definition) is 15. The largest absolute Gasteiger partial charge is 0.481 e. The number of hydrogen-bond donors (Lipinski definition) is 8. The summed E-state index contributed by atoms with van der Waals surface area (Å²) in [5.74, 6) is -0.434. The molecule has 1 aliphatic heterocycles. The Hall–Kier alpha value is -4.78. The molecular formula is C45H64FN7O12S4. The van der Waals surface area contributed by atoms with Crippen LogP contribution in [0, 0.1) is 5.82 Å². The van der Waals surface area contributed by atoms with Crippen LogP contribution in [0.25, 0.3) is 0 Å². The summed E-state index contributed by atoms with van der Waals surface area (Å²) in [6, 6.07) is 5.89. The monoisotopic (exact) mass is 1040 g/mol. The van der Waals surface area contributed by atoms with E-state index in [0.717, 1.165) is 0 Å². The van der Waals surface area contributed by atoms with Crippen LogP contribution in [0.1, 0.15) is 75.5 Å². The van der Waals surface area contributed by atoms with Gasteiger partial charge >= 0.3 is 5.97 Å². The van der Waals surface area contributed by atoms with Gasteiger partial charge in [0.2, 0.25) is 46.5 Å². The number of methoxy groups -OCH3 is 1. The second kappa shape index (κ2) is 34.5. The molecule has 382 valence electrons. The van der Waals surface area contributed by atoms with Crippen molar-refractivity contribution in [3.8, 4) is 0 Å².